The Hall–Kier alpha value is -5.47. The Morgan fingerprint density at radius 3 is 2.04 bits per heavy atom. The van der Waals surface area contributed by atoms with Gasteiger partial charge in [0.25, 0.3) is 11.8 Å². The zero-order chi connectivity index (χ0) is 31.4. The molecule has 0 saturated heterocycles. The molecular weight excluding hydrogens is 580 g/mol. The highest BCUT2D eigenvalue weighted by Crippen LogP contribution is 2.33. The van der Waals surface area contributed by atoms with Gasteiger partial charge in [-0.15, -0.1) is 11.8 Å². The molecule has 5 rings (SSSR count). The molecule has 224 valence electrons. The topological polar surface area (TPSA) is 91.4 Å². The number of carbonyl (C=O) groups is 3. The number of benzene rings is 4. The quantitative estimate of drug-likeness (QED) is 0.118. The first kappa shape index (κ1) is 31.0. The lowest BCUT2D eigenvalue weighted by molar-refractivity contribution is -0.117. The van der Waals surface area contributed by atoms with Crippen molar-refractivity contribution in [3.8, 4) is 0 Å². The van der Waals surface area contributed by atoms with Gasteiger partial charge in [0.05, 0.1) is 5.25 Å². The van der Waals surface area contributed by atoms with E-state index in [0.29, 0.717) is 23.2 Å². The zero-order valence-electron chi connectivity index (χ0n) is 24.7. The van der Waals surface area contributed by atoms with Crippen LogP contribution in [0.25, 0.3) is 6.08 Å². The second-order valence-electron chi connectivity index (χ2n) is 10.0. The van der Waals surface area contributed by atoms with Gasteiger partial charge < -0.3 is 10.6 Å². The van der Waals surface area contributed by atoms with E-state index in [1.807, 2.05) is 91.9 Å². The van der Waals surface area contributed by atoms with E-state index in [4.69, 9.17) is 0 Å². The molecule has 1 heterocycles. The number of nitrogens with zero attached hydrogens (tertiary/aromatic N) is 2. The fraction of sp³-hybridized carbons (Fsp3) is 0.0811. The largest absolute Gasteiger partial charge is 0.321 e. The molecule has 1 atom stereocenters. The van der Waals surface area contributed by atoms with Crippen LogP contribution < -0.4 is 15.5 Å². The first-order valence-electron chi connectivity index (χ1n) is 14.5. The van der Waals surface area contributed by atoms with Gasteiger partial charge in [-0.1, -0.05) is 73.7 Å². The number of aromatic nitrogens is 1. The molecule has 5 aromatic rings. The standard InChI is InChI=1S/C37H32N4O3S/c1-2-34(37(44)41(30-18-8-4-9-19-30)31-20-10-5-11-21-31)45-32-22-12-17-29(25-32)39-36(43)33(24-27-14-13-23-38-26-27)40-35(42)28-15-6-3-7-16-28/h3-26,34H,2H2,1H3,(H,39,43)(H,40,42)/b33-24+. The molecule has 8 heteroatoms. The molecule has 1 aromatic heterocycles. The van der Waals surface area contributed by atoms with Gasteiger partial charge in [-0.2, -0.15) is 0 Å². The molecule has 3 amide bonds. The Morgan fingerprint density at radius 2 is 1.44 bits per heavy atom. The molecule has 0 aliphatic rings. The van der Waals surface area contributed by atoms with Crippen LogP contribution in [0.1, 0.15) is 29.3 Å². The maximum Gasteiger partial charge on any atom is 0.272 e. The summed E-state index contributed by atoms with van der Waals surface area (Å²) >= 11 is 1.44. The Morgan fingerprint density at radius 1 is 0.800 bits per heavy atom. The number of amides is 3. The second kappa shape index (κ2) is 15.3. The van der Waals surface area contributed by atoms with E-state index in [0.717, 1.165) is 16.3 Å². The number of pyridine rings is 1. The number of para-hydroxylation sites is 2. The van der Waals surface area contributed by atoms with Crippen LogP contribution in [0.4, 0.5) is 17.1 Å². The lowest BCUT2D eigenvalue weighted by atomic mass is 10.2. The van der Waals surface area contributed by atoms with Crippen LogP contribution in [0.15, 0.2) is 150 Å². The summed E-state index contributed by atoms with van der Waals surface area (Å²) in [4.78, 5) is 47.1. The summed E-state index contributed by atoms with van der Waals surface area (Å²) in [6.07, 6.45) is 5.42. The third-order valence-electron chi connectivity index (χ3n) is 6.79. The zero-order valence-corrected chi connectivity index (χ0v) is 25.5. The Kier molecular flexibility index (Phi) is 10.5. The summed E-state index contributed by atoms with van der Waals surface area (Å²) in [6.45, 7) is 1.99. The molecule has 0 fully saturated rings. The number of hydrogen-bond donors (Lipinski definition) is 2. The third-order valence-corrected chi connectivity index (χ3v) is 8.14. The SMILES string of the molecule is CCC(Sc1cccc(NC(=O)/C(=C\c2cccnc2)NC(=O)c2ccccc2)c1)C(=O)N(c1ccccc1)c1ccccc1. The van der Waals surface area contributed by atoms with Crippen molar-refractivity contribution in [1.29, 1.82) is 0 Å². The van der Waals surface area contributed by atoms with E-state index in [9.17, 15) is 14.4 Å². The summed E-state index contributed by atoms with van der Waals surface area (Å²) in [6, 6.07) is 38.8. The number of nitrogens with one attached hydrogen (secondary N) is 2. The Bertz CT molecular complexity index is 1730. The van der Waals surface area contributed by atoms with Crippen LogP contribution in [0.2, 0.25) is 0 Å². The lowest BCUT2D eigenvalue weighted by Gasteiger charge is -2.27. The third kappa shape index (κ3) is 8.34. The van der Waals surface area contributed by atoms with E-state index < -0.39 is 11.8 Å². The fourth-order valence-corrected chi connectivity index (χ4v) is 5.64. The van der Waals surface area contributed by atoms with Gasteiger partial charge in [-0.05, 0) is 78.7 Å². The van der Waals surface area contributed by atoms with Crippen molar-refractivity contribution in [3.05, 3.63) is 157 Å². The van der Waals surface area contributed by atoms with Crippen molar-refractivity contribution in [2.75, 3.05) is 10.2 Å². The van der Waals surface area contributed by atoms with E-state index in [1.165, 1.54) is 11.8 Å². The van der Waals surface area contributed by atoms with E-state index >= 15 is 0 Å². The summed E-state index contributed by atoms with van der Waals surface area (Å²) in [5.41, 5.74) is 3.26. The molecule has 0 bridgehead atoms. The minimum atomic E-state index is -0.493. The van der Waals surface area contributed by atoms with Crippen molar-refractivity contribution in [2.24, 2.45) is 0 Å². The Labute approximate surface area is 267 Å². The molecule has 0 saturated carbocycles. The van der Waals surface area contributed by atoms with Crippen LogP contribution in [-0.4, -0.2) is 28.0 Å². The minimum absolute atomic E-state index is 0.0420. The molecule has 2 N–H and O–H groups in total. The average molecular weight is 613 g/mol. The number of thioether (sulfide) groups is 1. The van der Waals surface area contributed by atoms with Crippen molar-refractivity contribution >= 4 is 52.6 Å². The van der Waals surface area contributed by atoms with Crippen LogP contribution in [0.3, 0.4) is 0 Å². The number of carbonyl (C=O) groups excluding carboxylic acids is 3. The molecule has 7 nitrogen and oxygen atoms in total. The van der Waals surface area contributed by atoms with Crippen molar-refractivity contribution in [1.82, 2.24) is 10.3 Å². The van der Waals surface area contributed by atoms with Gasteiger partial charge in [-0.25, -0.2) is 0 Å². The van der Waals surface area contributed by atoms with Crippen LogP contribution >= 0.6 is 11.8 Å². The molecule has 0 radical (unpaired) electrons. The molecule has 0 spiro atoms. The lowest BCUT2D eigenvalue weighted by Crippen LogP contribution is -2.34. The molecule has 0 aliphatic heterocycles. The Balaban J connectivity index is 1.35. The maximum atomic E-state index is 14.0. The van der Waals surface area contributed by atoms with Gasteiger partial charge in [0.2, 0.25) is 5.91 Å². The van der Waals surface area contributed by atoms with Crippen LogP contribution in [0, 0.1) is 0 Å². The van der Waals surface area contributed by atoms with Crippen LogP contribution in [0.5, 0.6) is 0 Å². The highest BCUT2D eigenvalue weighted by Gasteiger charge is 2.27. The fourth-order valence-electron chi connectivity index (χ4n) is 4.59. The predicted octanol–water partition coefficient (Wildman–Crippen LogP) is 7.73. The van der Waals surface area contributed by atoms with E-state index in [2.05, 4.69) is 15.6 Å². The summed E-state index contributed by atoms with van der Waals surface area (Å²) < 4.78 is 0. The van der Waals surface area contributed by atoms with Crippen molar-refractivity contribution < 1.29 is 14.4 Å². The van der Waals surface area contributed by atoms with Gasteiger partial charge in [0.15, 0.2) is 0 Å². The molecule has 0 aliphatic carbocycles. The monoisotopic (exact) mass is 612 g/mol. The molecular formula is C37H32N4O3S. The summed E-state index contributed by atoms with van der Waals surface area (Å²) in [7, 11) is 0. The van der Waals surface area contributed by atoms with Crippen LogP contribution in [-0.2, 0) is 9.59 Å². The predicted molar refractivity (Wildman–Crippen MR) is 181 cm³/mol. The maximum absolute atomic E-state index is 14.0. The molecule has 1 unspecified atom stereocenters. The van der Waals surface area contributed by atoms with Crippen molar-refractivity contribution in [3.63, 3.8) is 0 Å². The number of anilines is 3. The van der Waals surface area contributed by atoms with Gasteiger partial charge in [0, 0.05) is 39.9 Å². The van der Waals surface area contributed by atoms with E-state index in [1.54, 1.807) is 65.8 Å². The first-order chi connectivity index (χ1) is 22.0. The van der Waals surface area contributed by atoms with Gasteiger partial charge in [0.1, 0.15) is 5.70 Å². The average Bonchev–Trinajstić information content (AvgIpc) is 3.09. The first-order valence-corrected chi connectivity index (χ1v) is 15.4. The number of hydrogen-bond acceptors (Lipinski definition) is 5. The number of rotatable bonds is 11. The normalized spacial score (nSPS) is 11.7. The highest BCUT2D eigenvalue weighted by molar-refractivity contribution is 8.00. The van der Waals surface area contributed by atoms with E-state index in [-0.39, 0.29) is 16.9 Å². The summed E-state index contributed by atoms with van der Waals surface area (Å²) in [5, 5.41) is 5.26. The molecule has 45 heavy (non-hydrogen) atoms. The summed E-state index contributed by atoms with van der Waals surface area (Å²) in [5.74, 6) is -0.941. The van der Waals surface area contributed by atoms with Crippen molar-refractivity contribution in [2.45, 2.75) is 23.5 Å². The van der Waals surface area contributed by atoms with Gasteiger partial charge in [-0.3, -0.25) is 24.3 Å². The second-order valence-corrected chi connectivity index (χ2v) is 11.3. The molecule has 4 aromatic carbocycles. The highest BCUT2D eigenvalue weighted by atomic mass is 32.2. The smallest absolute Gasteiger partial charge is 0.272 e. The minimum Gasteiger partial charge on any atom is -0.321 e. The van der Waals surface area contributed by atoms with Gasteiger partial charge >= 0.3 is 0 Å².